The zero-order chi connectivity index (χ0) is 22.2. The van der Waals surface area contributed by atoms with Crippen LogP contribution in [0.3, 0.4) is 0 Å². The summed E-state index contributed by atoms with van der Waals surface area (Å²) < 4.78 is 38.5. The second kappa shape index (κ2) is 7.91. The average Bonchev–Trinajstić information content (AvgIpc) is 3.04. The monoisotopic (exact) mass is 423 g/mol. The summed E-state index contributed by atoms with van der Waals surface area (Å²) in [5.74, 6) is -1.64. The van der Waals surface area contributed by atoms with Crippen LogP contribution in [0.1, 0.15) is 32.8 Å². The SMILES string of the molecule is C=C[C@H]1CC(C(=O)OC)(C(=O)OC)[C@@H](C(C)(C)C)N1S(=O)(=O)c1ccc(C)cc1. The molecule has 1 aromatic carbocycles. The highest BCUT2D eigenvalue weighted by atomic mass is 32.2. The van der Waals surface area contributed by atoms with E-state index in [2.05, 4.69) is 6.58 Å². The first-order valence-corrected chi connectivity index (χ1v) is 10.7. The minimum absolute atomic E-state index is 0.0785. The maximum absolute atomic E-state index is 13.7. The minimum atomic E-state index is -4.06. The normalized spacial score (nSPS) is 22.1. The van der Waals surface area contributed by atoms with E-state index in [1.165, 1.54) is 36.7 Å². The van der Waals surface area contributed by atoms with Crippen LogP contribution in [-0.4, -0.2) is 51.0 Å². The van der Waals surface area contributed by atoms with E-state index in [1.807, 2.05) is 6.92 Å². The fourth-order valence-corrected chi connectivity index (χ4v) is 6.25. The third kappa shape index (κ3) is 3.71. The summed E-state index contributed by atoms with van der Waals surface area (Å²) in [6.45, 7) is 11.0. The molecule has 0 radical (unpaired) electrons. The standard InChI is InChI=1S/C21H29NO6S/c1-8-15-13-21(18(23)27-6,19(24)28-7)17(20(3,4)5)22(15)29(25,26)16-11-9-14(2)10-12-16/h8-12,15,17H,1,13H2,2-7H3/t15-,17+/m0/s1. The molecule has 8 heteroatoms. The van der Waals surface area contributed by atoms with Crippen molar-refractivity contribution in [3.05, 3.63) is 42.5 Å². The van der Waals surface area contributed by atoms with E-state index in [0.29, 0.717) is 0 Å². The number of carbonyl (C=O) groups excluding carboxylic acids is 2. The van der Waals surface area contributed by atoms with Crippen LogP contribution in [0, 0.1) is 17.8 Å². The number of rotatable bonds is 5. The highest BCUT2D eigenvalue weighted by Gasteiger charge is 2.68. The van der Waals surface area contributed by atoms with Crippen molar-refractivity contribution in [1.29, 1.82) is 0 Å². The molecular weight excluding hydrogens is 394 g/mol. The molecule has 2 atom stereocenters. The Morgan fingerprint density at radius 1 is 1.14 bits per heavy atom. The Balaban J connectivity index is 2.82. The number of hydrogen-bond acceptors (Lipinski definition) is 6. The molecule has 1 saturated heterocycles. The van der Waals surface area contributed by atoms with Crippen molar-refractivity contribution >= 4 is 22.0 Å². The van der Waals surface area contributed by atoms with E-state index >= 15 is 0 Å². The first-order valence-electron chi connectivity index (χ1n) is 9.27. The lowest BCUT2D eigenvalue weighted by molar-refractivity contribution is -0.173. The van der Waals surface area contributed by atoms with Gasteiger partial charge in [0.05, 0.1) is 25.2 Å². The molecule has 0 saturated carbocycles. The molecule has 1 heterocycles. The van der Waals surface area contributed by atoms with Gasteiger partial charge in [-0.15, -0.1) is 6.58 Å². The second-order valence-corrected chi connectivity index (χ2v) is 10.2. The number of esters is 2. The smallest absolute Gasteiger partial charge is 0.324 e. The molecule has 0 bridgehead atoms. The van der Waals surface area contributed by atoms with Crippen molar-refractivity contribution < 1.29 is 27.5 Å². The van der Waals surface area contributed by atoms with Gasteiger partial charge in [0.15, 0.2) is 5.41 Å². The number of ether oxygens (including phenoxy) is 2. The fourth-order valence-electron chi connectivity index (χ4n) is 4.23. The third-order valence-electron chi connectivity index (χ3n) is 5.37. The zero-order valence-corrected chi connectivity index (χ0v) is 18.6. The Kier molecular flexibility index (Phi) is 6.30. The Morgan fingerprint density at radius 3 is 2.00 bits per heavy atom. The van der Waals surface area contributed by atoms with E-state index in [-0.39, 0.29) is 11.3 Å². The summed E-state index contributed by atoms with van der Waals surface area (Å²) in [4.78, 5) is 25.9. The number of carbonyl (C=O) groups is 2. The van der Waals surface area contributed by atoms with Crippen molar-refractivity contribution in [3.63, 3.8) is 0 Å². The van der Waals surface area contributed by atoms with Gasteiger partial charge in [0.1, 0.15) is 0 Å². The average molecular weight is 424 g/mol. The number of hydrogen-bond donors (Lipinski definition) is 0. The topological polar surface area (TPSA) is 90.0 Å². The molecular formula is C21H29NO6S. The van der Waals surface area contributed by atoms with Gasteiger partial charge in [-0.05, 0) is 30.9 Å². The van der Waals surface area contributed by atoms with Crippen molar-refractivity contribution in [2.75, 3.05) is 14.2 Å². The maximum atomic E-state index is 13.7. The van der Waals surface area contributed by atoms with E-state index in [9.17, 15) is 18.0 Å². The largest absolute Gasteiger partial charge is 0.468 e. The van der Waals surface area contributed by atoms with Crippen LogP contribution in [0.5, 0.6) is 0 Å². The lowest BCUT2D eigenvalue weighted by Gasteiger charge is -2.42. The van der Waals surface area contributed by atoms with Crippen LogP contribution in [0.25, 0.3) is 0 Å². The van der Waals surface area contributed by atoms with E-state index in [4.69, 9.17) is 9.47 Å². The molecule has 0 unspecified atom stereocenters. The summed E-state index contributed by atoms with van der Waals surface area (Å²) in [5.41, 5.74) is -1.69. The molecule has 160 valence electrons. The van der Waals surface area contributed by atoms with Gasteiger partial charge in [0.2, 0.25) is 10.0 Å². The molecule has 1 aromatic rings. The lowest BCUT2D eigenvalue weighted by atomic mass is 9.69. The number of methoxy groups -OCH3 is 2. The van der Waals surface area contributed by atoms with Gasteiger partial charge in [0, 0.05) is 6.04 Å². The summed E-state index contributed by atoms with van der Waals surface area (Å²) in [6, 6.07) is 4.60. The second-order valence-electron chi connectivity index (χ2n) is 8.38. The van der Waals surface area contributed by atoms with Crippen molar-refractivity contribution in [3.8, 4) is 0 Å². The third-order valence-corrected chi connectivity index (χ3v) is 7.27. The molecule has 0 amide bonds. The molecule has 1 aliphatic heterocycles. The molecule has 7 nitrogen and oxygen atoms in total. The first-order chi connectivity index (χ1) is 13.4. The number of nitrogens with zero attached hydrogens (tertiary/aromatic N) is 1. The Bertz CT molecular complexity index is 882. The van der Waals surface area contributed by atoms with Crippen molar-refractivity contribution in [1.82, 2.24) is 4.31 Å². The van der Waals surface area contributed by atoms with Gasteiger partial charge in [-0.2, -0.15) is 4.31 Å². The van der Waals surface area contributed by atoms with Crippen LogP contribution in [-0.2, 0) is 29.1 Å². The Labute approximate surface area is 172 Å². The zero-order valence-electron chi connectivity index (χ0n) is 17.8. The number of benzene rings is 1. The van der Waals surface area contributed by atoms with Crippen molar-refractivity contribution in [2.45, 2.75) is 51.1 Å². The lowest BCUT2D eigenvalue weighted by Crippen LogP contribution is -2.57. The van der Waals surface area contributed by atoms with Gasteiger partial charge in [-0.1, -0.05) is 44.5 Å². The number of aryl methyl sites for hydroxylation is 1. The molecule has 0 N–H and O–H groups in total. The van der Waals surface area contributed by atoms with Crippen LogP contribution < -0.4 is 0 Å². The quantitative estimate of drug-likeness (QED) is 0.411. The Morgan fingerprint density at radius 2 is 1.62 bits per heavy atom. The first kappa shape index (κ1) is 23.1. The van der Waals surface area contributed by atoms with Crippen LogP contribution in [0.2, 0.25) is 0 Å². The highest BCUT2D eigenvalue weighted by molar-refractivity contribution is 7.89. The fraction of sp³-hybridized carbons (Fsp3) is 0.524. The predicted molar refractivity (Wildman–Crippen MR) is 109 cm³/mol. The van der Waals surface area contributed by atoms with Crippen LogP contribution in [0.4, 0.5) is 0 Å². The van der Waals surface area contributed by atoms with Gasteiger partial charge in [-0.3, -0.25) is 9.59 Å². The van der Waals surface area contributed by atoms with E-state index in [0.717, 1.165) is 5.56 Å². The minimum Gasteiger partial charge on any atom is -0.468 e. The summed E-state index contributed by atoms with van der Waals surface area (Å²) >= 11 is 0. The summed E-state index contributed by atoms with van der Waals surface area (Å²) in [6.07, 6.45) is 1.33. The van der Waals surface area contributed by atoms with Gasteiger partial charge < -0.3 is 9.47 Å². The predicted octanol–water partition coefficient (Wildman–Crippen LogP) is 2.69. The molecule has 0 aliphatic carbocycles. The van der Waals surface area contributed by atoms with Crippen molar-refractivity contribution in [2.24, 2.45) is 10.8 Å². The van der Waals surface area contributed by atoms with E-state index in [1.54, 1.807) is 32.9 Å². The summed E-state index contributed by atoms with van der Waals surface area (Å²) in [7, 11) is -1.71. The van der Waals surface area contributed by atoms with Gasteiger partial charge in [-0.25, -0.2) is 8.42 Å². The molecule has 1 aliphatic rings. The van der Waals surface area contributed by atoms with E-state index < -0.39 is 44.9 Å². The molecule has 29 heavy (non-hydrogen) atoms. The molecule has 1 fully saturated rings. The summed E-state index contributed by atoms with van der Waals surface area (Å²) in [5, 5.41) is 0. The molecule has 0 aromatic heterocycles. The molecule has 0 spiro atoms. The van der Waals surface area contributed by atoms with Crippen LogP contribution in [0.15, 0.2) is 41.8 Å². The Hall–Kier alpha value is -2.19. The molecule has 2 rings (SSSR count). The van der Waals surface area contributed by atoms with Gasteiger partial charge in [0.25, 0.3) is 0 Å². The van der Waals surface area contributed by atoms with Crippen LogP contribution >= 0.6 is 0 Å². The van der Waals surface area contributed by atoms with Gasteiger partial charge >= 0.3 is 11.9 Å². The number of sulfonamides is 1. The maximum Gasteiger partial charge on any atom is 0.324 e. The highest BCUT2D eigenvalue weighted by Crippen LogP contribution is 2.52.